The molecule has 0 amide bonds. The molecule has 516 valence electrons. The monoisotopic (exact) mass is 1280 g/mol. The first-order chi connectivity index (χ1) is 41.9. The molecule has 3 unspecified atom stereocenters. The number of phosphoric ester groups is 2. The smallest absolute Gasteiger partial charge is 0.462 e. The Labute approximate surface area is 530 Å². The Morgan fingerprint density at radius 1 is 0.333 bits per heavy atom. The molecule has 0 saturated heterocycles. The van der Waals surface area contributed by atoms with Gasteiger partial charge in [-0.3, -0.25) is 37.3 Å². The minimum absolute atomic E-state index is 0.106. The Balaban J connectivity index is 5.19. The van der Waals surface area contributed by atoms with Crippen LogP contribution in [-0.2, 0) is 65.4 Å². The minimum atomic E-state index is -4.95. The van der Waals surface area contributed by atoms with E-state index < -0.39 is 97.5 Å². The lowest BCUT2D eigenvalue weighted by Gasteiger charge is -2.21. The number of rotatable bonds is 67. The third-order valence-electron chi connectivity index (χ3n) is 16.1. The summed E-state index contributed by atoms with van der Waals surface area (Å²) < 4.78 is 68.1. The molecule has 0 radical (unpaired) electrons. The van der Waals surface area contributed by atoms with Gasteiger partial charge in [0.2, 0.25) is 0 Å². The molecule has 0 bridgehead atoms. The van der Waals surface area contributed by atoms with E-state index in [-0.39, 0.29) is 25.7 Å². The van der Waals surface area contributed by atoms with Crippen molar-refractivity contribution in [2.24, 2.45) is 11.8 Å². The van der Waals surface area contributed by atoms with Gasteiger partial charge in [-0.05, 0) is 37.5 Å². The summed E-state index contributed by atoms with van der Waals surface area (Å²) >= 11 is 0. The van der Waals surface area contributed by atoms with E-state index in [4.69, 9.17) is 37.0 Å². The van der Waals surface area contributed by atoms with Crippen LogP contribution in [0.4, 0.5) is 0 Å². The fraction of sp³-hybridized carbons (Fsp3) is 0.941. The van der Waals surface area contributed by atoms with Crippen molar-refractivity contribution in [1.29, 1.82) is 0 Å². The lowest BCUT2D eigenvalue weighted by Crippen LogP contribution is -2.30. The van der Waals surface area contributed by atoms with Crippen molar-refractivity contribution in [3.05, 3.63) is 0 Å². The number of carbonyl (C=O) groups is 4. The Kier molecular flexibility index (Phi) is 59.0. The highest BCUT2D eigenvalue weighted by Crippen LogP contribution is 2.45. The van der Waals surface area contributed by atoms with Gasteiger partial charge in [0.25, 0.3) is 0 Å². The largest absolute Gasteiger partial charge is 0.472 e. The van der Waals surface area contributed by atoms with Gasteiger partial charge in [0.15, 0.2) is 12.2 Å². The van der Waals surface area contributed by atoms with Crippen LogP contribution in [0.2, 0.25) is 0 Å². The van der Waals surface area contributed by atoms with Crippen LogP contribution in [0.1, 0.15) is 343 Å². The third-order valence-corrected chi connectivity index (χ3v) is 18.0. The highest BCUT2D eigenvalue weighted by molar-refractivity contribution is 7.47. The molecule has 0 aromatic heterocycles. The molecule has 0 aromatic carbocycles. The molecule has 6 atom stereocenters. The van der Waals surface area contributed by atoms with E-state index in [1.54, 1.807) is 0 Å². The van der Waals surface area contributed by atoms with Crippen LogP contribution in [0.3, 0.4) is 0 Å². The van der Waals surface area contributed by atoms with E-state index in [9.17, 15) is 43.2 Å². The lowest BCUT2D eigenvalue weighted by atomic mass is 9.99. The number of aliphatic hydroxyl groups excluding tert-OH is 1. The molecule has 19 heteroatoms. The summed E-state index contributed by atoms with van der Waals surface area (Å²) in [5.41, 5.74) is 0. The van der Waals surface area contributed by atoms with Crippen LogP contribution in [0, 0.1) is 11.8 Å². The molecule has 0 aliphatic rings. The van der Waals surface area contributed by atoms with Crippen molar-refractivity contribution in [1.82, 2.24) is 0 Å². The zero-order chi connectivity index (χ0) is 64.3. The van der Waals surface area contributed by atoms with Crippen molar-refractivity contribution < 1.29 is 80.2 Å². The quantitative estimate of drug-likeness (QED) is 0.0222. The topological polar surface area (TPSA) is 237 Å². The summed E-state index contributed by atoms with van der Waals surface area (Å²) in [6.07, 6.45) is 44.4. The second kappa shape index (κ2) is 60.3. The fourth-order valence-electron chi connectivity index (χ4n) is 10.2. The molecule has 0 rings (SSSR count). The highest BCUT2D eigenvalue weighted by Gasteiger charge is 2.30. The number of unbranched alkanes of at least 4 members (excludes halogenated alkanes) is 36. The van der Waals surface area contributed by atoms with E-state index >= 15 is 0 Å². The van der Waals surface area contributed by atoms with Crippen molar-refractivity contribution in [3.8, 4) is 0 Å². The summed E-state index contributed by atoms with van der Waals surface area (Å²) in [6, 6.07) is 0. The Morgan fingerprint density at radius 3 is 0.874 bits per heavy atom. The summed E-state index contributed by atoms with van der Waals surface area (Å²) in [5, 5.41) is 10.6. The first kappa shape index (κ1) is 85.1. The average Bonchev–Trinajstić information content (AvgIpc) is 3.69. The van der Waals surface area contributed by atoms with Gasteiger partial charge in [-0.15, -0.1) is 0 Å². The average molecular weight is 1280 g/mol. The first-order valence-corrected chi connectivity index (χ1v) is 38.5. The van der Waals surface area contributed by atoms with E-state index in [1.165, 1.54) is 161 Å². The molecule has 0 aromatic rings. The Morgan fingerprint density at radius 2 is 0.586 bits per heavy atom. The zero-order valence-corrected chi connectivity index (χ0v) is 58.1. The number of hydrogen-bond donors (Lipinski definition) is 3. The number of hydrogen-bond acceptors (Lipinski definition) is 15. The molecular weight excluding hydrogens is 1150 g/mol. The maximum Gasteiger partial charge on any atom is 0.472 e. The van der Waals surface area contributed by atoms with E-state index in [0.29, 0.717) is 25.7 Å². The molecule has 87 heavy (non-hydrogen) atoms. The van der Waals surface area contributed by atoms with Crippen molar-refractivity contribution in [3.63, 3.8) is 0 Å². The van der Waals surface area contributed by atoms with Crippen LogP contribution in [0.15, 0.2) is 0 Å². The molecule has 0 spiro atoms. The predicted molar refractivity (Wildman–Crippen MR) is 349 cm³/mol. The van der Waals surface area contributed by atoms with E-state index in [1.807, 2.05) is 0 Å². The van der Waals surface area contributed by atoms with Crippen LogP contribution in [-0.4, -0.2) is 96.7 Å². The third kappa shape index (κ3) is 61.3. The predicted octanol–water partition coefficient (Wildman–Crippen LogP) is 19.2. The standard InChI is InChI=1S/C68H132O17P2/c1-7-10-12-14-16-24-32-38-44-50-65(70)78-56-63(84-67(72)52-46-40-34-25-17-15-13-11-8-2)58-82-86(74,75)80-54-62(69)55-81-87(76,77)83-59-64(57-79-66(71)51-45-39-33-29-28-30-36-42-48-60(4)5)85-68(73)53-47-41-35-27-23-21-19-18-20-22-26-31-37-43-49-61(6)9-3/h60-64,69H,7-59H2,1-6H3,(H,74,75)(H,76,77)/t61?,62-,63+,64+/m0/s1. The van der Waals surface area contributed by atoms with Gasteiger partial charge in [-0.25, -0.2) is 9.13 Å². The van der Waals surface area contributed by atoms with Gasteiger partial charge in [0.1, 0.15) is 19.3 Å². The second-order valence-corrected chi connectivity index (χ2v) is 28.2. The molecule has 0 heterocycles. The molecule has 0 fully saturated rings. The summed E-state index contributed by atoms with van der Waals surface area (Å²) in [6.45, 7) is 9.52. The minimum Gasteiger partial charge on any atom is -0.462 e. The normalized spacial score (nSPS) is 14.5. The number of carbonyl (C=O) groups excluding carboxylic acids is 4. The van der Waals surface area contributed by atoms with Gasteiger partial charge in [0.05, 0.1) is 26.4 Å². The molecule has 0 aliphatic carbocycles. The highest BCUT2D eigenvalue weighted by atomic mass is 31.2. The van der Waals surface area contributed by atoms with Gasteiger partial charge in [-0.2, -0.15) is 0 Å². The van der Waals surface area contributed by atoms with Gasteiger partial charge in [0, 0.05) is 25.7 Å². The molecular formula is C68H132O17P2. The maximum atomic E-state index is 13.0. The van der Waals surface area contributed by atoms with Crippen molar-refractivity contribution in [2.75, 3.05) is 39.6 Å². The molecule has 17 nitrogen and oxygen atoms in total. The summed E-state index contributed by atoms with van der Waals surface area (Å²) in [5.74, 6) is -0.558. The first-order valence-electron chi connectivity index (χ1n) is 35.5. The van der Waals surface area contributed by atoms with Gasteiger partial charge >= 0.3 is 39.5 Å². The molecule has 0 aliphatic heterocycles. The summed E-state index contributed by atoms with van der Waals surface area (Å²) in [4.78, 5) is 72.3. The number of aliphatic hydroxyl groups is 1. The van der Waals surface area contributed by atoms with Crippen LogP contribution in [0.5, 0.6) is 0 Å². The SMILES string of the molecule is CCCCCCCCCCCC(=O)OC[C@H](COP(=O)(O)OC[C@H](O)COP(=O)(O)OC[C@@H](COC(=O)CCCCCCCCCCC(C)C)OC(=O)CCCCCCCCCCCCCCCCC(C)CC)OC(=O)CCCCCCCCCCC. The lowest BCUT2D eigenvalue weighted by molar-refractivity contribution is -0.161. The molecule has 0 saturated carbocycles. The maximum absolute atomic E-state index is 13.0. The van der Waals surface area contributed by atoms with Crippen molar-refractivity contribution in [2.45, 2.75) is 362 Å². The van der Waals surface area contributed by atoms with Crippen LogP contribution in [0.25, 0.3) is 0 Å². The number of ether oxygens (including phenoxy) is 4. The zero-order valence-electron chi connectivity index (χ0n) is 56.3. The number of phosphoric acid groups is 2. The van der Waals surface area contributed by atoms with Crippen LogP contribution >= 0.6 is 15.6 Å². The Bertz CT molecular complexity index is 1700. The van der Waals surface area contributed by atoms with E-state index in [0.717, 1.165) is 102 Å². The summed E-state index contributed by atoms with van der Waals surface area (Å²) in [7, 11) is -9.89. The van der Waals surface area contributed by atoms with Crippen LogP contribution < -0.4 is 0 Å². The van der Waals surface area contributed by atoms with E-state index in [2.05, 4.69) is 41.5 Å². The van der Waals surface area contributed by atoms with Gasteiger partial charge in [-0.1, -0.05) is 292 Å². The van der Waals surface area contributed by atoms with Crippen molar-refractivity contribution >= 4 is 39.5 Å². The fourth-order valence-corrected chi connectivity index (χ4v) is 11.8. The van der Waals surface area contributed by atoms with Gasteiger partial charge < -0.3 is 33.8 Å². The number of esters is 4. The molecule has 3 N–H and O–H groups in total. The second-order valence-electron chi connectivity index (χ2n) is 25.3. The Hall–Kier alpha value is -1.94.